The van der Waals surface area contributed by atoms with E-state index < -0.39 is 0 Å². The highest BCUT2D eigenvalue weighted by Gasteiger charge is 2.15. The summed E-state index contributed by atoms with van der Waals surface area (Å²) >= 11 is 0. The summed E-state index contributed by atoms with van der Waals surface area (Å²) in [7, 11) is 1.58. The number of hydrogen-bond acceptors (Lipinski definition) is 6. The quantitative estimate of drug-likeness (QED) is 0.742. The molecule has 26 heavy (non-hydrogen) atoms. The number of nitrogens with one attached hydrogen (secondary N) is 2. The molecule has 138 valence electrons. The molecule has 2 aromatic rings. The minimum absolute atomic E-state index is 0.131. The van der Waals surface area contributed by atoms with Crippen molar-refractivity contribution in [2.75, 3.05) is 43.5 Å². The van der Waals surface area contributed by atoms with Crippen LogP contribution in [0.1, 0.15) is 28.9 Å². The zero-order chi connectivity index (χ0) is 18.4. The molecule has 1 aromatic carbocycles. The van der Waals surface area contributed by atoms with Gasteiger partial charge in [0.1, 0.15) is 11.6 Å². The predicted molar refractivity (Wildman–Crippen MR) is 102 cm³/mol. The molecule has 0 spiro atoms. The smallest absolute Gasteiger partial charge is 0.251 e. The lowest BCUT2D eigenvalue weighted by Gasteiger charge is -2.17. The standard InChI is InChI=1S/C19H25N5O2/c1-14-12-17(24-10-3-4-11-24)23-19(22-14)21-9-8-20-18(25)15-6-5-7-16(13-15)26-2/h5-7,12-13H,3-4,8-11H2,1-2H3,(H,20,25)(H,21,22,23). The summed E-state index contributed by atoms with van der Waals surface area (Å²) in [6, 6.07) is 9.10. The molecule has 1 amide bonds. The van der Waals surface area contributed by atoms with Crippen LogP contribution in [0.3, 0.4) is 0 Å². The van der Waals surface area contributed by atoms with E-state index in [1.165, 1.54) is 12.8 Å². The largest absolute Gasteiger partial charge is 0.497 e. The van der Waals surface area contributed by atoms with Gasteiger partial charge in [0.15, 0.2) is 0 Å². The van der Waals surface area contributed by atoms with Crippen molar-refractivity contribution in [1.82, 2.24) is 15.3 Å². The van der Waals surface area contributed by atoms with Gasteiger partial charge in [0.2, 0.25) is 5.95 Å². The second kappa shape index (κ2) is 8.51. The van der Waals surface area contributed by atoms with Crippen molar-refractivity contribution in [2.45, 2.75) is 19.8 Å². The Bertz CT molecular complexity index is 759. The molecule has 0 radical (unpaired) electrons. The number of carbonyl (C=O) groups is 1. The first-order valence-corrected chi connectivity index (χ1v) is 8.92. The van der Waals surface area contributed by atoms with E-state index in [1.807, 2.05) is 19.1 Å². The van der Waals surface area contributed by atoms with E-state index in [2.05, 4.69) is 25.5 Å². The highest BCUT2D eigenvalue weighted by atomic mass is 16.5. The van der Waals surface area contributed by atoms with Gasteiger partial charge in [-0.3, -0.25) is 4.79 Å². The summed E-state index contributed by atoms with van der Waals surface area (Å²) in [5, 5.41) is 6.07. The van der Waals surface area contributed by atoms with Crippen LogP contribution in [0.25, 0.3) is 0 Å². The summed E-state index contributed by atoms with van der Waals surface area (Å²) in [5.74, 6) is 2.10. The molecule has 1 aromatic heterocycles. The van der Waals surface area contributed by atoms with E-state index in [4.69, 9.17) is 4.74 Å². The third kappa shape index (κ3) is 4.62. The van der Waals surface area contributed by atoms with Gasteiger partial charge >= 0.3 is 0 Å². The fourth-order valence-electron chi connectivity index (χ4n) is 2.96. The van der Waals surface area contributed by atoms with Gasteiger partial charge in [-0.2, -0.15) is 4.98 Å². The van der Waals surface area contributed by atoms with Crippen LogP contribution in [0.5, 0.6) is 5.75 Å². The number of ether oxygens (including phenoxy) is 1. The molecule has 7 heteroatoms. The zero-order valence-electron chi connectivity index (χ0n) is 15.3. The summed E-state index contributed by atoms with van der Waals surface area (Å²) in [5.41, 5.74) is 1.51. The number of aryl methyl sites for hydroxylation is 1. The molecule has 1 aliphatic heterocycles. The fraction of sp³-hybridized carbons (Fsp3) is 0.421. The number of aromatic nitrogens is 2. The number of amides is 1. The van der Waals surface area contributed by atoms with Gasteiger partial charge in [-0.1, -0.05) is 6.07 Å². The third-order valence-corrected chi connectivity index (χ3v) is 4.30. The highest BCUT2D eigenvalue weighted by molar-refractivity contribution is 5.94. The summed E-state index contributed by atoms with van der Waals surface area (Å²) in [6.45, 7) is 5.10. The number of anilines is 2. The van der Waals surface area contributed by atoms with Crippen LogP contribution in [0, 0.1) is 6.92 Å². The van der Waals surface area contributed by atoms with E-state index in [0.717, 1.165) is 24.6 Å². The average Bonchev–Trinajstić information content (AvgIpc) is 3.19. The Morgan fingerprint density at radius 2 is 2.00 bits per heavy atom. The van der Waals surface area contributed by atoms with Crippen molar-refractivity contribution < 1.29 is 9.53 Å². The van der Waals surface area contributed by atoms with E-state index >= 15 is 0 Å². The van der Waals surface area contributed by atoms with Crippen LogP contribution >= 0.6 is 0 Å². The molecule has 3 rings (SSSR count). The average molecular weight is 355 g/mol. The summed E-state index contributed by atoms with van der Waals surface area (Å²) < 4.78 is 5.14. The molecule has 1 fully saturated rings. The topological polar surface area (TPSA) is 79.4 Å². The van der Waals surface area contributed by atoms with Gasteiger partial charge in [0, 0.05) is 43.5 Å². The van der Waals surface area contributed by atoms with Crippen LogP contribution in [-0.4, -0.2) is 49.2 Å². The van der Waals surface area contributed by atoms with E-state index in [9.17, 15) is 4.79 Å². The van der Waals surface area contributed by atoms with E-state index in [-0.39, 0.29) is 5.91 Å². The molecular weight excluding hydrogens is 330 g/mol. The first-order chi connectivity index (χ1) is 12.7. The van der Waals surface area contributed by atoms with Crippen molar-refractivity contribution in [3.8, 4) is 5.75 Å². The summed E-state index contributed by atoms with van der Waals surface area (Å²) in [6.07, 6.45) is 2.42. The monoisotopic (exact) mass is 355 g/mol. The Morgan fingerprint density at radius 1 is 1.19 bits per heavy atom. The molecule has 1 saturated heterocycles. The third-order valence-electron chi connectivity index (χ3n) is 4.30. The van der Waals surface area contributed by atoms with Crippen LogP contribution in [0.15, 0.2) is 30.3 Å². The Morgan fingerprint density at radius 3 is 2.77 bits per heavy atom. The minimum atomic E-state index is -0.131. The van der Waals surface area contributed by atoms with Gasteiger partial charge in [-0.25, -0.2) is 4.98 Å². The molecule has 0 aliphatic carbocycles. The predicted octanol–water partition coefficient (Wildman–Crippen LogP) is 2.24. The molecule has 0 bridgehead atoms. The van der Waals surface area contributed by atoms with Crippen molar-refractivity contribution >= 4 is 17.7 Å². The maximum absolute atomic E-state index is 12.2. The van der Waals surface area contributed by atoms with Crippen molar-refractivity contribution in [3.05, 3.63) is 41.6 Å². The van der Waals surface area contributed by atoms with Crippen molar-refractivity contribution in [2.24, 2.45) is 0 Å². The van der Waals surface area contributed by atoms with Crippen LogP contribution < -0.4 is 20.3 Å². The second-order valence-electron chi connectivity index (χ2n) is 6.30. The first-order valence-electron chi connectivity index (χ1n) is 8.92. The molecule has 2 heterocycles. The molecule has 0 saturated carbocycles. The van der Waals surface area contributed by atoms with Crippen molar-refractivity contribution in [3.63, 3.8) is 0 Å². The molecule has 1 aliphatic rings. The van der Waals surface area contributed by atoms with Gasteiger partial charge in [0.25, 0.3) is 5.91 Å². The molecule has 0 atom stereocenters. The Balaban J connectivity index is 1.50. The van der Waals surface area contributed by atoms with Crippen LogP contribution in [0.4, 0.5) is 11.8 Å². The Labute approximate surface area is 153 Å². The van der Waals surface area contributed by atoms with Crippen LogP contribution in [0.2, 0.25) is 0 Å². The lowest BCUT2D eigenvalue weighted by atomic mass is 10.2. The lowest BCUT2D eigenvalue weighted by Crippen LogP contribution is -2.29. The van der Waals surface area contributed by atoms with Gasteiger partial charge in [-0.05, 0) is 38.0 Å². The fourth-order valence-corrected chi connectivity index (χ4v) is 2.96. The lowest BCUT2D eigenvalue weighted by molar-refractivity contribution is 0.0955. The number of carbonyl (C=O) groups excluding carboxylic acids is 1. The Hall–Kier alpha value is -2.83. The number of hydrogen-bond donors (Lipinski definition) is 2. The van der Waals surface area contributed by atoms with Gasteiger partial charge in [-0.15, -0.1) is 0 Å². The molecule has 2 N–H and O–H groups in total. The second-order valence-corrected chi connectivity index (χ2v) is 6.30. The van der Waals surface area contributed by atoms with E-state index in [1.54, 1.807) is 25.3 Å². The number of methoxy groups -OCH3 is 1. The molecule has 0 unspecified atom stereocenters. The molecular formula is C19H25N5O2. The maximum Gasteiger partial charge on any atom is 0.251 e. The number of benzene rings is 1. The maximum atomic E-state index is 12.2. The van der Waals surface area contributed by atoms with E-state index in [0.29, 0.717) is 30.4 Å². The number of rotatable bonds is 7. The zero-order valence-corrected chi connectivity index (χ0v) is 15.3. The van der Waals surface area contributed by atoms with Crippen LogP contribution in [-0.2, 0) is 0 Å². The first kappa shape index (κ1) is 18.0. The minimum Gasteiger partial charge on any atom is -0.497 e. The Kier molecular flexibility index (Phi) is 5.88. The highest BCUT2D eigenvalue weighted by Crippen LogP contribution is 2.19. The number of nitrogens with zero attached hydrogens (tertiary/aromatic N) is 3. The van der Waals surface area contributed by atoms with Crippen molar-refractivity contribution in [1.29, 1.82) is 0 Å². The van der Waals surface area contributed by atoms with Gasteiger partial charge in [0.05, 0.1) is 7.11 Å². The summed E-state index contributed by atoms with van der Waals surface area (Å²) in [4.78, 5) is 23.5. The molecule has 7 nitrogen and oxygen atoms in total. The SMILES string of the molecule is COc1cccc(C(=O)NCCNc2nc(C)cc(N3CCCC3)n2)c1. The van der Waals surface area contributed by atoms with Gasteiger partial charge < -0.3 is 20.3 Å². The normalized spacial score (nSPS) is 13.5.